The summed E-state index contributed by atoms with van der Waals surface area (Å²) in [5.74, 6) is 0. The molecule has 0 saturated carbocycles. The van der Waals surface area contributed by atoms with Crippen LogP contribution in [-0.4, -0.2) is 18.0 Å². The molecule has 1 aromatic rings. The quantitative estimate of drug-likeness (QED) is 0.843. The van der Waals surface area contributed by atoms with Crippen LogP contribution in [0, 0.1) is 33.5 Å². The third kappa shape index (κ3) is 3.32. The number of hydrogen-bond acceptors (Lipinski definition) is 3. The van der Waals surface area contributed by atoms with E-state index in [9.17, 15) is 10.5 Å². The topological polar surface area (TPSA) is 50.8 Å². The fourth-order valence-corrected chi connectivity index (χ4v) is 3.49. The third-order valence-electron chi connectivity index (χ3n) is 5.35. The lowest BCUT2D eigenvalue weighted by atomic mass is 9.60. The van der Waals surface area contributed by atoms with Crippen molar-refractivity contribution in [3.8, 4) is 12.1 Å². The van der Waals surface area contributed by atoms with Gasteiger partial charge in [-0.15, -0.1) is 0 Å². The largest absolute Gasteiger partial charge is 0.299 e. The van der Waals surface area contributed by atoms with Crippen molar-refractivity contribution in [1.82, 2.24) is 4.90 Å². The van der Waals surface area contributed by atoms with Gasteiger partial charge in [-0.1, -0.05) is 39.0 Å². The summed E-state index contributed by atoms with van der Waals surface area (Å²) in [5.41, 5.74) is 2.15. The fourth-order valence-electron chi connectivity index (χ4n) is 3.49. The number of nitriles is 2. The van der Waals surface area contributed by atoms with Crippen LogP contribution >= 0.6 is 0 Å². The van der Waals surface area contributed by atoms with Crippen molar-refractivity contribution in [3.05, 3.63) is 35.4 Å². The number of benzene rings is 1. The van der Waals surface area contributed by atoms with Crippen LogP contribution in [0.4, 0.5) is 0 Å². The summed E-state index contributed by atoms with van der Waals surface area (Å²) < 4.78 is 0. The molecule has 1 aliphatic rings. The molecule has 0 aromatic heterocycles. The minimum atomic E-state index is 0.118. The first-order chi connectivity index (χ1) is 10.4. The van der Waals surface area contributed by atoms with E-state index in [0.717, 1.165) is 43.6 Å². The molecule has 1 fully saturated rings. The lowest BCUT2D eigenvalue weighted by molar-refractivity contribution is 0.00709. The number of likely N-dealkylation sites (tertiary alicyclic amines) is 1. The van der Waals surface area contributed by atoms with Crippen LogP contribution in [0.15, 0.2) is 24.3 Å². The molecule has 1 aliphatic heterocycles. The van der Waals surface area contributed by atoms with Gasteiger partial charge < -0.3 is 0 Å². The highest BCUT2D eigenvalue weighted by Gasteiger charge is 2.43. The summed E-state index contributed by atoms with van der Waals surface area (Å²) in [6.07, 6.45) is 2.75. The molecular formula is C19H25N3. The number of nitrogens with zero attached hydrogens (tertiary/aromatic N) is 3. The zero-order valence-electron chi connectivity index (χ0n) is 13.9. The molecule has 0 spiro atoms. The Labute approximate surface area is 134 Å². The van der Waals surface area contributed by atoms with E-state index in [-0.39, 0.29) is 10.8 Å². The van der Waals surface area contributed by atoms with Gasteiger partial charge in [-0.3, -0.25) is 4.90 Å². The Morgan fingerprint density at radius 1 is 1.14 bits per heavy atom. The number of piperidine rings is 1. The van der Waals surface area contributed by atoms with Crippen molar-refractivity contribution >= 4 is 0 Å². The second-order valence-corrected chi connectivity index (χ2v) is 7.41. The summed E-state index contributed by atoms with van der Waals surface area (Å²) in [6.45, 7) is 9.59. The highest BCUT2D eigenvalue weighted by molar-refractivity contribution is 5.37. The van der Waals surface area contributed by atoms with Gasteiger partial charge in [-0.25, -0.2) is 0 Å². The first-order valence-electron chi connectivity index (χ1n) is 7.99. The van der Waals surface area contributed by atoms with Crippen molar-refractivity contribution in [3.63, 3.8) is 0 Å². The third-order valence-corrected chi connectivity index (χ3v) is 5.35. The molecule has 2 rings (SSSR count). The summed E-state index contributed by atoms with van der Waals surface area (Å²) in [6, 6.07) is 12.5. The normalized spacial score (nSPS) is 18.4. The van der Waals surface area contributed by atoms with Crippen LogP contribution in [0.1, 0.15) is 51.2 Å². The van der Waals surface area contributed by atoms with E-state index in [1.165, 1.54) is 0 Å². The highest BCUT2D eigenvalue weighted by Crippen LogP contribution is 2.49. The molecule has 3 heteroatoms. The van der Waals surface area contributed by atoms with Crippen molar-refractivity contribution in [2.75, 3.05) is 13.1 Å². The Kier molecular flexibility index (Phi) is 4.89. The van der Waals surface area contributed by atoms with Crippen molar-refractivity contribution in [2.24, 2.45) is 10.8 Å². The molecule has 1 heterocycles. The standard InChI is InChI=1S/C19H25N3/c1-18(2,3)19(8-11-20)9-12-22(13-10-19)15-17-7-5-4-6-16(17)14-21/h4-7H,8-10,12-13,15H2,1-3H3. The molecule has 0 atom stereocenters. The maximum Gasteiger partial charge on any atom is 0.0995 e. The van der Waals surface area contributed by atoms with Crippen molar-refractivity contribution in [1.29, 1.82) is 10.5 Å². The van der Waals surface area contributed by atoms with E-state index in [2.05, 4.69) is 37.8 Å². The molecule has 0 unspecified atom stereocenters. The molecule has 0 amide bonds. The summed E-state index contributed by atoms with van der Waals surface area (Å²) in [7, 11) is 0. The lowest BCUT2D eigenvalue weighted by Crippen LogP contribution is -2.46. The second-order valence-electron chi connectivity index (χ2n) is 7.41. The Hall–Kier alpha value is -1.84. The molecule has 1 aromatic carbocycles. The number of hydrogen-bond donors (Lipinski definition) is 0. The van der Waals surface area contributed by atoms with Crippen LogP contribution in [0.3, 0.4) is 0 Å². The Morgan fingerprint density at radius 3 is 2.32 bits per heavy atom. The summed E-state index contributed by atoms with van der Waals surface area (Å²) in [5, 5.41) is 18.4. The summed E-state index contributed by atoms with van der Waals surface area (Å²) >= 11 is 0. The van der Waals surface area contributed by atoms with Gasteiger partial charge in [0, 0.05) is 13.0 Å². The first-order valence-corrected chi connectivity index (χ1v) is 7.99. The first kappa shape index (κ1) is 16.5. The molecule has 0 N–H and O–H groups in total. The molecule has 1 saturated heterocycles. The van der Waals surface area contributed by atoms with Crippen LogP contribution < -0.4 is 0 Å². The zero-order valence-corrected chi connectivity index (χ0v) is 13.9. The zero-order chi connectivity index (χ0) is 16.2. The molecule has 22 heavy (non-hydrogen) atoms. The minimum absolute atomic E-state index is 0.118. The second kappa shape index (κ2) is 6.51. The Balaban J connectivity index is 2.06. The molecule has 0 radical (unpaired) electrons. The van der Waals surface area contributed by atoms with Gasteiger partial charge in [0.05, 0.1) is 17.7 Å². The van der Waals surface area contributed by atoms with Gasteiger partial charge in [0.25, 0.3) is 0 Å². The molecule has 0 aliphatic carbocycles. The van der Waals surface area contributed by atoms with Crippen LogP contribution in [0.25, 0.3) is 0 Å². The average molecular weight is 295 g/mol. The monoisotopic (exact) mass is 295 g/mol. The molecule has 0 bridgehead atoms. The Morgan fingerprint density at radius 2 is 1.77 bits per heavy atom. The average Bonchev–Trinajstić information content (AvgIpc) is 2.49. The van der Waals surface area contributed by atoms with Gasteiger partial charge in [-0.2, -0.15) is 10.5 Å². The maximum atomic E-state index is 9.22. The van der Waals surface area contributed by atoms with Gasteiger partial charge in [0.15, 0.2) is 0 Å². The Bertz CT molecular complexity index is 590. The van der Waals surface area contributed by atoms with E-state index >= 15 is 0 Å². The highest BCUT2D eigenvalue weighted by atomic mass is 15.1. The van der Waals surface area contributed by atoms with E-state index in [4.69, 9.17) is 0 Å². The number of rotatable bonds is 3. The molecule has 116 valence electrons. The predicted octanol–water partition coefficient (Wildman–Crippen LogP) is 4.10. The van der Waals surface area contributed by atoms with Crippen molar-refractivity contribution in [2.45, 2.75) is 46.6 Å². The maximum absolute atomic E-state index is 9.22. The van der Waals surface area contributed by atoms with E-state index in [1.807, 2.05) is 24.3 Å². The van der Waals surface area contributed by atoms with Gasteiger partial charge in [-0.05, 0) is 48.4 Å². The fraction of sp³-hybridized carbons (Fsp3) is 0.579. The SMILES string of the molecule is CC(C)(C)C1(CC#N)CCN(Cc2ccccc2C#N)CC1. The predicted molar refractivity (Wildman–Crippen MR) is 87.8 cm³/mol. The molecular weight excluding hydrogens is 270 g/mol. The van der Waals surface area contributed by atoms with Gasteiger partial charge in [0.2, 0.25) is 0 Å². The van der Waals surface area contributed by atoms with E-state index in [0.29, 0.717) is 6.42 Å². The van der Waals surface area contributed by atoms with Crippen LogP contribution in [-0.2, 0) is 6.54 Å². The van der Waals surface area contributed by atoms with Crippen molar-refractivity contribution < 1.29 is 0 Å². The van der Waals surface area contributed by atoms with Gasteiger partial charge >= 0.3 is 0 Å². The molecule has 3 nitrogen and oxygen atoms in total. The van der Waals surface area contributed by atoms with E-state index < -0.39 is 0 Å². The lowest BCUT2D eigenvalue weighted by Gasteiger charge is -2.49. The smallest absolute Gasteiger partial charge is 0.0995 e. The van der Waals surface area contributed by atoms with Gasteiger partial charge in [0.1, 0.15) is 0 Å². The van der Waals surface area contributed by atoms with Crippen LogP contribution in [0.2, 0.25) is 0 Å². The minimum Gasteiger partial charge on any atom is -0.299 e. The van der Waals surface area contributed by atoms with E-state index in [1.54, 1.807) is 0 Å². The summed E-state index contributed by atoms with van der Waals surface area (Å²) in [4.78, 5) is 2.41. The van der Waals surface area contributed by atoms with Crippen LogP contribution in [0.5, 0.6) is 0 Å².